The maximum absolute atomic E-state index is 13.0. The number of esters is 1. The highest BCUT2D eigenvalue weighted by Gasteiger charge is 2.13. The van der Waals surface area contributed by atoms with Crippen molar-refractivity contribution in [2.45, 2.75) is 26.7 Å². The van der Waals surface area contributed by atoms with Crippen LogP contribution < -0.4 is 10.3 Å². The van der Waals surface area contributed by atoms with Gasteiger partial charge >= 0.3 is 5.97 Å². The highest BCUT2D eigenvalue weighted by molar-refractivity contribution is 9.10. The average molecular weight is 542 g/mol. The van der Waals surface area contributed by atoms with Crippen LogP contribution >= 0.6 is 43.5 Å². The van der Waals surface area contributed by atoms with Gasteiger partial charge in [0.15, 0.2) is 5.75 Å². The highest BCUT2D eigenvalue weighted by atomic mass is 79.9. The number of halogens is 3. The lowest BCUT2D eigenvalue weighted by Crippen LogP contribution is -2.22. The molecule has 0 amide bonds. The molecule has 2 aromatic carbocycles. The van der Waals surface area contributed by atoms with Crippen LogP contribution in [0.3, 0.4) is 0 Å². The summed E-state index contributed by atoms with van der Waals surface area (Å²) >= 11 is 12.9. The molecule has 150 valence electrons. The molecule has 0 saturated carbocycles. The zero-order valence-electron chi connectivity index (χ0n) is 15.6. The van der Waals surface area contributed by atoms with E-state index in [-0.39, 0.29) is 16.3 Å². The van der Waals surface area contributed by atoms with E-state index < -0.39 is 5.97 Å². The Hall–Kier alpha value is -2.03. The molecule has 9 heteroatoms. The van der Waals surface area contributed by atoms with E-state index in [0.717, 1.165) is 10.9 Å². The molecule has 1 aromatic heterocycles. The number of hydrogen-bond donors (Lipinski definition) is 0. The normalized spacial score (nSPS) is 11.3. The number of aromatic nitrogens is 2. The quantitative estimate of drug-likeness (QED) is 0.249. The molecule has 29 heavy (non-hydrogen) atoms. The number of ether oxygens (including phenoxy) is 1. The Bertz CT molecular complexity index is 1170. The van der Waals surface area contributed by atoms with Gasteiger partial charge in [-0.25, -0.2) is 4.98 Å². The van der Waals surface area contributed by atoms with Crippen molar-refractivity contribution in [1.29, 1.82) is 0 Å². The largest absolute Gasteiger partial charge is 0.424 e. The summed E-state index contributed by atoms with van der Waals surface area (Å²) in [5, 5.41) is 5.08. The third kappa shape index (κ3) is 4.94. The molecule has 6 nitrogen and oxygen atoms in total. The zero-order valence-corrected chi connectivity index (χ0v) is 19.5. The predicted molar refractivity (Wildman–Crippen MR) is 121 cm³/mol. The first-order chi connectivity index (χ1) is 13.8. The Kier molecular flexibility index (Phi) is 6.87. The van der Waals surface area contributed by atoms with Crippen LogP contribution in [0.4, 0.5) is 0 Å². The number of hydrogen-bond acceptors (Lipinski definition) is 5. The van der Waals surface area contributed by atoms with Crippen LogP contribution in [0.1, 0.15) is 31.7 Å². The maximum Gasteiger partial charge on any atom is 0.308 e. The van der Waals surface area contributed by atoms with Gasteiger partial charge in [0.1, 0.15) is 5.82 Å². The molecule has 0 fully saturated rings. The minimum atomic E-state index is -0.474. The molecule has 3 rings (SSSR count). The standard InChI is InChI=1S/C20H16Br2ClN3O3/c1-3-4-18-25-17-6-5-13(21)9-14(17)20(28)26(18)24-10-12-7-15(22)19(16(23)8-12)29-11(2)27/h5-10H,3-4H2,1-2H3. The van der Waals surface area contributed by atoms with Gasteiger partial charge in [0.2, 0.25) is 0 Å². The maximum atomic E-state index is 13.0. The summed E-state index contributed by atoms with van der Waals surface area (Å²) in [4.78, 5) is 28.8. The van der Waals surface area contributed by atoms with Gasteiger partial charge < -0.3 is 4.74 Å². The van der Waals surface area contributed by atoms with Gasteiger partial charge in [0.25, 0.3) is 5.56 Å². The van der Waals surface area contributed by atoms with E-state index in [1.54, 1.807) is 24.3 Å². The summed E-state index contributed by atoms with van der Waals surface area (Å²) in [5.41, 5.74) is 1.00. The smallest absolute Gasteiger partial charge is 0.308 e. The Labute approximate surface area is 188 Å². The second kappa shape index (κ2) is 9.19. The van der Waals surface area contributed by atoms with E-state index in [2.05, 4.69) is 41.9 Å². The molecule has 0 aliphatic heterocycles. The van der Waals surface area contributed by atoms with Crippen LogP contribution in [-0.4, -0.2) is 21.8 Å². The molecule has 0 radical (unpaired) electrons. The molecule has 0 atom stereocenters. The topological polar surface area (TPSA) is 73.6 Å². The number of nitrogens with zero attached hydrogens (tertiary/aromatic N) is 3. The molecule has 0 aliphatic carbocycles. The molecule has 0 unspecified atom stereocenters. The van der Waals surface area contributed by atoms with Crippen molar-refractivity contribution < 1.29 is 9.53 Å². The van der Waals surface area contributed by atoms with E-state index in [4.69, 9.17) is 16.3 Å². The number of rotatable bonds is 5. The Morgan fingerprint density at radius 2 is 2.07 bits per heavy atom. The number of aryl methyl sites for hydroxylation is 1. The molecule has 3 aromatic rings. The number of benzene rings is 2. The lowest BCUT2D eigenvalue weighted by molar-refractivity contribution is -0.131. The van der Waals surface area contributed by atoms with Crippen molar-refractivity contribution >= 4 is 66.5 Å². The molecule has 1 heterocycles. The van der Waals surface area contributed by atoms with Crippen LogP contribution in [-0.2, 0) is 11.2 Å². The predicted octanol–water partition coefficient (Wildman–Crippen LogP) is 5.33. The second-order valence-electron chi connectivity index (χ2n) is 6.21. The van der Waals surface area contributed by atoms with Crippen molar-refractivity contribution in [3.05, 3.63) is 66.0 Å². The van der Waals surface area contributed by atoms with Crippen LogP contribution in [0.15, 0.2) is 49.2 Å². The first-order valence-corrected chi connectivity index (χ1v) is 10.7. The van der Waals surface area contributed by atoms with Gasteiger partial charge in [0, 0.05) is 17.8 Å². The van der Waals surface area contributed by atoms with Crippen LogP contribution in [0.2, 0.25) is 5.02 Å². The summed E-state index contributed by atoms with van der Waals surface area (Å²) in [5.74, 6) is 0.334. The van der Waals surface area contributed by atoms with E-state index in [9.17, 15) is 9.59 Å². The van der Waals surface area contributed by atoms with E-state index >= 15 is 0 Å². The number of fused-ring (bicyclic) bond motifs is 1. The summed E-state index contributed by atoms with van der Waals surface area (Å²) in [6.45, 7) is 3.31. The summed E-state index contributed by atoms with van der Waals surface area (Å²) in [6, 6.07) is 8.68. The van der Waals surface area contributed by atoms with Crippen molar-refractivity contribution in [3.63, 3.8) is 0 Å². The molecule has 0 saturated heterocycles. The third-order valence-corrected chi connectivity index (χ3v) is 5.30. The first-order valence-electron chi connectivity index (χ1n) is 8.73. The van der Waals surface area contributed by atoms with Gasteiger partial charge in [-0.2, -0.15) is 9.78 Å². The fourth-order valence-corrected chi connectivity index (χ4v) is 4.02. The summed E-state index contributed by atoms with van der Waals surface area (Å²) < 4.78 is 7.69. The second-order valence-corrected chi connectivity index (χ2v) is 8.39. The molecule has 0 bridgehead atoms. The number of carbonyl (C=O) groups is 1. The minimum absolute atomic E-state index is 0.234. The van der Waals surface area contributed by atoms with Crippen molar-refractivity contribution in [2.75, 3.05) is 0 Å². The Morgan fingerprint density at radius 1 is 1.31 bits per heavy atom. The lowest BCUT2D eigenvalue weighted by Gasteiger charge is -2.09. The van der Waals surface area contributed by atoms with Gasteiger partial charge in [-0.15, -0.1) is 0 Å². The van der Waals surface area contributed by atoms with Crippen molar-refractivity contribution in [3.8, 4) is 5.75 Å². The lowest BCUT2D eigenvalue weighted by atomic mass is 10.2. The average Bonchev–Trinajstić information content (AvgIpc) is 2.65. The van der Waals surface area contributed by atoms with Crippen LogP contribution in [0.5, 0.6) is 5.75 Å². The third-order valence-electron chi connectivity index (χ3n) is 3.94. The van der Waals surface area contributed by atoms with Crippen molar-refractivity contribution in [1.82, 2.24) is 9.66 Å². The van der Waals surface area contributed by atoms with Crippen LogP contribution in [0, 0.1) is 0 Å². The van der Waals surface area contributed by atoms with Gasteiger partial charge in [-0.3, -0.25) is 9.59 Å². The van der Waals surface area contributed by atoms with E-state index in [0.29, 0.717) is 33.2 Å². The monoisotopic (exact) mass is 539 g/mol. The molecule has 0 N–H and O–H groups in total. The fourth-order valence-electron chi connectivity index (χ4n) is 2.72. The minimum Gasteiger partial charge on any atom is -0.424 e. The Balaban J connectivity index is 2.08. The van der Waals surface area contributed by atoms with Crippen molar-refractivity contribution in [2.24, 2.45) is 5.10 Å². The number of carbonyl (C=O) groups excluding carboxylic acids is 1. The summed E-state index contributed by atoms with van der Waals surface area (Å²) in [6.07, 6.45) is 2.94. The molecular weight excluding hydrogens is 525 g/mol. The van der Waals surface area contributed by atoms with Gasteiger partial charge in [-0.05, 0) is 58.2 Å². The fraction of sp³-hybridized carbons (Fsp3) is 0.200. The Morgan fingerprint density at radius 3 is 2.72 bits per heavy atom. The molecule has 0 spiro atoms. The highest BCUT2D eigenvalue weighted by Crippen LogP contribution is 2.34. The first kappa shape index (κ1) is 21.7. The van der Waals surface area contributed by atoms with Gasteiger partial charge in [-0.1, -0.05) is 34.5 Å². The zero-order chi connectivity index (χ0) is 21.1. The molecular formula is C20H16Br2ClN3O3. The summed E-state index contributed by atoms with van der Waals surface area (Å²) in [7, 11) is 0. The van der Waals surface area contributed by atoms with Gasteiger partial charge in [0.05, 0.1) is 26.6 Å². The van der Waals surface area contributed by atoms with E-state index in [1.165, 1.54) is 17.8 Å². The van der Waals surface area contributed by atoms with Crippen LogP contribution in [0.25, 0.3) is 10.9 Å². The molecule has 0 aliphatic rings. The van der Waals surface area contributed by atoms with E-state index in [1.807, 2.05) is 13.0 Å². The SMILES string of the molecule is CCCc1nc2ccc(Br)cc2c(=O)n1N=Cc1cc(Cl)c(OC(C)=O)c(Br)c1.